The van der Waals surface area contributed by atoms with Crippen LogP contribution in [0.3, 0.4) is 0 Å². The lowest BCUT2D eigenvalue weighted by atomic mass is 9.96. The lowest BCUT2D eigenvalue weighted by molar-refractivity contribution is -0.125. The lowest BCUT2D eigenvalue weighted by Crippen LogP contribution is -2.58. The van der Waals surface area contributed by atoms with Gasteiger partial charge in [-0.2, -0.15) is 0 Å². The first-order valence-corrected chi connectivity index (χ1v) is 10.8. The quantitative estimate of drug-likeness (QED) is 0.516. The van der Waals surface area contributed by atoms with Gasteiger partial charge in [0.25, 0.3) is 0 Å². The Balaban J connectivity index is 1.62. The molecule has 0 radical (unpaired) electrons. The molecule has 1 aliphatic heterocycles. The molecule has 0 atom stereocenters. The van der Waals surface area contributed by atoms with Gasteiger partial charge in [0.15, 0.2) is 0 Å². The van der Waals surface area contributed by atoms with Crippen molar-refractivity contribution in [2.24, 2.45) is 0 Å². The van der Waals surface area contributed by atoms with Crippen molar-refractivity contribution in [2.45, 2.75) is 37.8 Å². The minimum atomic E-state index is -0.968. The molecule has 8 heteroatoms. The molecule has 0 spiro atoms. The van der Waals surface area contributed by atoms with Crippen molar-refractivity contribution < 1.29 is 9.59 Å². The van der Waals surface area contributed by atoms with Crippen LogP contribution in [0.4, 0.5) is 11.4 Å². The van der Waals surface area contributed by atoms with Crippen LogP contribution in [0.15, 0.2) is 41.7 Å². The Labute approximate surface area is 171 Å². The molecule has 2 amide bonds. The number of fused-ring (bicyclic) bond motifs is 2. The predicted octanol–water partition coefficient (Wildman–Crippen LogP) is 4.11. The Bertz CT molecular complexity index is 1080. The highest BCUT2D eigenvalue weighted by molar-refractivity contribution is 8.00. The number of carbonyl (C=O) groups excluding carboxylic acids is 2. The van der Waals surface area contributed by atoms with Gasteiger partial charge in [-0.25, -0.2) is 9.97 Å². The number of nitrogens with zero attached hydrogens (tertiary/aromatic N) is 3. The Morgan fingerprint density at radius 1 is 1.29 bits per heavy atom. The average Bonchev–Trinajstić information content (AvgIpc) is 3.11. The highest BCUT2D eigenvalue weighted by Gasteiger charge is 2.43. The van der Waals surface area contributed by atoms with Crippen LogP contribution in [0.25, 0.3) is 10.2 Å². The monoisotopic (exact) mass is 412 g/mol. The van der Waals surface area contributed by atoms with Gasteiger partial charge in [-0.05, 0) is 38.5 Å². The van der Waals surface area contributed by atoms with Crippen LogP contribution in [0.2, 0.25) is 0 Å². The SMILES string of the molecule is CCc1cc2c(SCC(=O)N3c4ccccc4NC(=O)C3(C)C)ncnc2s1. The molecule has 0 fully saturated rings. The second-order valence-electron chi connectivity index (χ2n) is 7.01. The van der Waals surface area contributed by atoms with E-state index in [-0.39, 0.29) is 17.6 Å². The molecule has 1 N–H and O–H groups in total. The molecular formula is C20H20N4O2S2. The molecule has 0 saturated heterocycles. The molecule has 0 bridgehead atoms. The predicted molar refractivity (Wildman–Crippen MR) is 114 cm³/mol. The zero-order chi connectivity index (χ0) is 19.9. The molecule has 0 aliphatic carbocycles. The number of para-hydroxylation sites is 2. The van der Waals surface area contributed by atoms with Gasteiger partial charge in [0.1, 0.15) is 21.7 Å². The van der Waals surface area contributed by atoms with Crippen molar-refractivity contribution in [3.8, 4) is 0 Å². The summed E-state index contributed by atoms with van der Waals surface area (Å²) in [5, 5.41) is 4.66. The van der Waals surface area contributed by atoms with Crippen molar-refractivity contribution in [3.63, 3.8) is 0 Å². The molecule has 6 nitrogen and oxygen atoms in total. The van der Waals surface area contributed by atoms with E-state index in [0.717, 1.165) is 21.7 Å². The van der Waals surface area contributed by atoms with Gasteiger partial charge in [0, 0.05) is 10.3 Å². The number of carbonyl (C=O) groups is 2. The Morgan fingerprint density at radius 3 is 2.86 bits per heavy atom. The van der Waals surface area contributed by atoms with Gasteiger partial charge < -0.3 is 5.32 Å². The van der Waals surface area contributed by atoms with E-state index >= 15 is 0 Å². The minimum Gasteiger partial charge on any atom is -0.322 e. The molecule has 1 aromatic carbocycles. The number of thiophene rings is 1. The number of nitrogens with one attached hydrogen (secondary N) is 1. The normalized spacial score (nSPS) is 15.4. The van der Waals surface area contributed by atoms with Crippen molar-refractivity contribution in [2.75, 3.05) is 16.0 Å². The summed E-state index contributed by atoms with van der Waals surface area (Å²) in [6.07, 6.45) is 2.48. The van der Waals surface area contributed by atoms with E-state index in [1.54, 1.807) is 36.4 Å². The van der Waals surface area contributed by atoms with Crippen LogP contribution < -0.4 is 10.2 Å². The maximum atomic E-state index is 13.2. The maximum absolute atomic E-state index is 13.2. The van der Waals surface area contributed by atoms with Crippen molar-refractivity contribution in [1.29, 1.82) is 0 Å². The standard InChI is InChI=1S/C20H20N4O2S2/c1-4-12-9-13-17(21-11-22-18(13)28-12)27-10-16(25)24-15-8-6-5-7-14(15)23-19(26)20(24,2)3/h5-9,11H,4,10H2,1-3H3,(H,23,26). The number of hydrogen-bond donors (Lipinski definition) is 1. The smallest absolute Gasteiger partial charge is 0.250 e. The summed E-state index contributed by atoms with van der Waals surface area (Å²) < 4.78 is 0. The zero-order valence-electron chi connectivity index (χ0n) is 15.9. The van der Waals surface area contributed by atoms with E-state index in [9.17, 15) is 9.59 Å². The van der Waals surface area contributed by atoms with Crippen LogP contribution >= 0.6 is 23.1 Å². The molecule has 2 aromatic heterocycles. The molecule has 28 heavy (non-hydrogen) atoms. The molecular weight excluding hydrogens is 392 g/mol. The summed E-state index contributed by atoms with van der Waals surface area (Å²) in [4.78, 5) is 38.2. The van der Waals surface area contributed by atoms with Gasteiger partial charge in [0.05, 0.1) is 17.1 Å². The first-order valence-electron chi connectivity index (χ1n) is 9.01. The fourth-order valence-corrected chi connectivity index (χ4v) is 5.09. The van der Waals surface area contributed by atoms with Crippen LogP contribution in [0.1, 0.15) is 25.6 Å². The number of amides is 2. The minimum absolute atomic E-state index is 0.130. The van der Waals surface area contributed by atoms with Crippen LogP contribution in [-0.4, -0.2) is 33.1 Å². The second kappa shape index (κ2) is 7.18. The number of benzene rings is 1. The largest absolute Gasteiger partial charge is 0.322 e. The third kappa shape index (κ3) is 3.16. The topological polar surface area (TPSA) is 75.2 Å². The number of thioether (sulfide) groups is 1. The fourth-order valence-electron chi connectivity index (χ4n) is 3.27. The highest BCUT2D eigenvalue weighted by Crippen LogP contribution is 2.38. The van der Waals surface area contributed by atoms with Crippen molar-refractivity contribution in [3.05, 3.63) is 41.5 Å². The molecule has 144 valence electrons. The first kappa shape index (κ1) is 18.9. The van der Waals surface area contributed by atoms with E-state index in [2.05, 4.69) is 28.3 Å². The van der Waals surface area contributed by atoms with E-state index < -0.39 is 5.54 Å². The Hall–Kier alpha value is -2.45. The Kier molecular flexibility index (Phi) is 4.84. The van der Waals surface area contributed by atoms with Crippen LogP contribution in [0, 0.1) is 0 Å². The van der Waals surface area contributed by atoms with Gasteiger partial charge in [-0.15, -0.1) is 11.3 Å². The molecule has 0 unspecified atom stereocenters. The van der Waals surface area contributed by atoms with Crippen molar-refractivity contribution in [1.82, 2.24) is 9.97 Å². The lowest BCUT2D eigenvalue weighted by Gasteiger charge is -2.42. The summed E-state index contributed by atoms with van der Waals surface area (Å²) in [6.45, 7) is 5.63. The van der Waals surface area contributed by atoms with E-state index in [1.807, 2.05) is 24.3 Å². The van der Waals surface area contributed by atoms with E-state index in [4.69, 9.17) is 0 Å². The highest BCUT2D eigenvalue weighted by atomic mass is 32.2. The zero-order valence-corrected chi connectivity index (χ0v) is 17.5. The number of aromatic nitrogens is 2. The number of anilines is 2. The summed E-state index contributed by atoms with van der Waals surface area (Å²) in [5.74, 6) is -0.136. The van der Waals surface area contributed by atoms with E-state index in [0.29, 0.717) is 11.4 Å². The maximum Gasteiger partial charge on any atom is 0.250 e. The molecule has 4 rings (SSSR count). The third-order valence-electron chi connectivity index (χ3n) is 4.78. The number of rotatable bonds is 4. The van der Waals surface area contributed by atoms with Crippen molar-refractivity contribution >= 4 is 56.5 Å². The van der Waals surface area contributed by atoms with Gasteiger partial charge in [-0.3, -0.25) is 14.5 Å². The molecule has 3 aromatic rings. The number of aryl methyl sites for hydroxylation is 1. The average molecular weight is 413 g/mol. The molecule has 3 heterocycles. The Morgan fingerprint density at radius 2 is 2.07 bits per heavy atom. The van der Waals surface area contributed by atoms with E-state index in [1.165, 1.54) is 16.6 Å². The number of hydrogen-bond acceptors (Lipinski definition) is 6. The van der Waals surface area contributed by atoms with Crippen LogP contribution in [-0.2, 0) is 16.0 Å². The van der Waals surface area contributed by atoms with Crippen LogP contribution in [0.5, 0.6) is 0 Å². The summed E-state index contributed by atoms with van der Waals surface area (Å²) >= 11 is 3.04. The van der Waals surface area contributed by atoms with Gasteiger partial charge in [0.2, 0.25) is 11.8 Å². The molecule has 1 aliphatic rings. The first-order chi connectivity index (χ1) is 13.4. The molecule has 0 saturated carbocycles. The van der Waals surface area contributed by atoms with Gasteiger partial charge in [-0.1, -0.05) is 30.8 Å². The third-order valence-corrected chi connectivity index (χ3v) is 6.96. The summed E-state index contributed by atoms with van der Waals surface area (Å²) in [6, 6.07) is 9.47. The van der Waals surface area contributed by atoms with Gasteiger partial charge >= 0.3 is 0 Å². The summed E-state index contributed by atoms with van der Waals surface area (Å²) in [7, 11) is 0. The second-order valence-corrected chi connectivity index (χ2v) is 9.09. The fraction of sp³-hybridized carbons (Fsp3) is 0.300. The summed E-state index contributed by atoms with van der Waals surface area (Å²) in [5.41, 5.74) is 0.402.